The number of hydrogen-bond donors (Lipinski definition) is 2. The second kappa shape index (κ2) is 10.8. The average molecular weight is 483 g/mol. The van der Waals surface area contributed by atoms with Gasteiger partial charge < -0.3 is 10.6 Å². The number of pyridine rings is 2. The van der Waals surface area contributed by atoms with E-state index in [1.807, 2.05) is 30.3 Å². The van der Waals surface area contributed by atoms with Gasteiger partial charge in [-0.05, 0) is 60.2 Å². The first-order chi connectivity index (χ1) is 16.0. The van der Waals surface area contributed by atoms with Gasteiger partial charge in [0.15, 0.2) is 5.11 Å². The topological polar surface area (TPSA) is 90.5 Å². The summed E-state index contributed by atoms with van der Waals surface area (Å²) >= 11 is 5.32. The zero-order valence-electron chi connectivity index (χ0n) is 18.1. The molecule has 0 amide bonds. The Morgan fingerprint density at radius 3 is 2.42 bits per heavy atom. The number of piperazine rings is 1. The van der Waals surface area contributed by atoms with Crippen molar-refractivity contribution in [1.82, 2.24) is 24.5 Å². The van der Waals surface area contributed by atoms with Gasteiger partial charge in [0.05, 0.1) is 10.6 Å². The zero-order valence-corrected chi connectivity index (χ0v) is 19.7. The van der Waals surface area contributed by atoms with E-state index in [9.17, 15) is 8.42 Å². The molecule has 1 aliphatic rings. The van der Waals surface area contributed by atoms with E-state index in [0.29, 0.717) is 37.8 Å². The van der Waals surface area contributed by atoms with Crippen molar-refractivity contribution >= 4 is 33.0 Å². The Kier molecular flexibility index (Phi) is 7.61. The van der Waals surface area contributed by atoms with Gasteiger partial charge in [-0.15, -0.1) is 0 Å². The molecular formula is C23H26N6O2S2. The highest BCUT2D eigenvalue weighted by atomic mass is 32.2. The Labute approximate surface area is 199 Å². The van der Waals surface area contributed by atoms with Crippen molar-refractivity contribution < 1.29 is 8.42 Å². The molecule has 8 nitrogen and oxygen atoms in total. The lowest BCUT2D eigenvalue weighted by Gasteiger charge is -2.33. The van der Waals surface area contributed by atoms with Crippen LogP contribution in [0.3, 0.4) is 0 Å². The van der Waals surface area contributed by atoms with Crippen molar-refractivity contribution in [2.24, 2.45) is 0 Å². The van der Waals surface area contributed by atoms with Crippen molar-refractivity contribution in [1.29, 1.82) is 0 Å². The molecule has 1 aliphatic heterocycles. The molecule has 1 saturated heterocycles. The molecule has 172 valence electrons. The lowest BCUT2D eigenvalue weighted by atomic mass is 10.3. The van der Waals surface area contributed by atoms with Gasteiger partial charge in [0.2, 0.25) is 10.0 Å². The molecule has 0 saturated carbocycles. The standard InChI is InChI=1S/C23H26N6O2S2/c30-33(31,29-14-12-28(13-15-29)18-21-5-1-2-11-25-21)22-8-6-20(7-9-22)27-23(32)26-17-19-4-3-10-24-16-19/h1-11,16H,12-15,17-18H2,(H2,26,27,32). The van der Waals surface area contributed by atoms with Gasteiger partial charge >= 0.3 is 0 Å². The first-order valence-electron chi connectivity index (χ1n) is 10.7. The van der Waals surface area contributed by atoms with Gasteiger partial charge in [-0.25, -0.2) is 8.42 Å². The van der Waals surface area contributed by atoms with Gasteiger partial charge in [-0.3, -0.25) is 14.9 Å². The number of aromatic nitrogens is 2. The first kappa shape index (κ1) is 23.2. The SMILES string of the molecule is O=S(=O)(c1ccc(NC(=S)NCc2cccnc2)cc1)N1CCN(Cc2ccccn2)CC1. The molecule has 4 rings (SSSR count). The fraction of sp³-hybridized carbons (Fsp3) is 0.261. The molecular weight excluding hydrogens is 456 g/mol. The number of benzene rings is 1. The van der Waals surface area contributed by atoms with Crippen LogP contribution in [-0.2, 0) is 23.1 Å². The highest BCUT2D eigenvalue weighted by Crippen LogP contribution is 2.20. The predicted octanol–water partition coefficient (Wildman–Crippen LogP) is 2.47. The Morgan fingerprint density at radius 2 is 1.76 bits per heavy atom. The number of nitrogens with zero attached hydrogens (tertiary/aromatic N) is 4. The highest BCUT2D eigenvalue weighted by Gasteiger charge is 2.28. The minimum Gasteiger partial charge on any atom is -0.358 e. The third kappa shape index (κ3) is 6.32. The number of hydrogen-bond acceptors (Lipinski definition) is 6. The smallest absolute Gasteiger partial charge is 0.243 e. The van der Waals surface area contributed by atoms with Crippen LogP contribution in [-0.4, -0.2) is 58.9 Å². The summed E-state index contributed by atoms with van der Waals surface area (Å²) in [6.07, 6.45) is 5.27. The first-order valence-corrected chi connectivity index (χ1v) is 12.5. The monoisotopic (exact) mass is 482 g/mol. The molecule has 0 spiro atoms. The number of anilines is 1. The summed E-state index contributed by atoms with van der Waals surface area (Å²) in [5.41, 5.74) is 2.73. The Balaban J connectivity index is 1.29. The Morgan fingerprint density at radius 1 is 0.970 bits per heavy atom. The molecule has 1 fully saturated rings. The van der Waals surface area contributed by atoms with Crippen molar-refractivity contribution in [2.75, 3.05) is 31.5 Å². The minimum absolute atomic E-state index is 0.278. The average Bonchev–Trinajstić information content (AvgIpc) is 2.85. The van der Waals surface area contributed by atoms with Gasteiger partial charge in [0.1, 0.15) is 0 Å². The maximum absolute atomic E-state index is 13.1. The van der Waals surface area contributed by atoms with Crippen molar-refractivity contribution in [3.8, 4) is 0 Å². The molecule has 0 aliphatic carbocycles. The molecule has 0 radical (unpaired) electrons. The summed E-state index contributed by atoms with van der Waals surface area (Å²) in [6.45, 7) is 3.54. The zero-order chi connectivity index (χ0) is 23.1. The van der Waals surface area contributed by atoms with Crippen LogP contribution in [0.25, 0.3) is 0 Å². The summed E-state index contributed by atoms with van der Waals surface area (Å²) in [6, 6.07) is 16.3. The van der Waals surface area contributed by atoms with Crippen molar-refractivity contribution in [3.05, 3.63) is 84.4 Å². The molecule has 33 heavy (non-hydrogen) atoms. The molecule has 3 aromatic rings. The molecule has 1 aromatic carbocycles. The van der Waals surface area contributed by atoms with Crippen LogP contribution < -0.4 is 10.6 Å². The lowest BCUT2D eigenvalue weighted by Crippen LogP contribution is -2.48. The molecule has 2 aromatic heterocycles. The summed E-state index contributed by atoms with van der Waals surface area (Å²) in [5, 5.41) is 6.65. The van der Waals surface area contributed by atoms with Crippen molar-refractivity contribution in [3.63, 3.8) is 0 Å². The Bertz CT molecular complexity index is 1150. The van der Waals surface area contributed by atoms with Crippen LogP contribution in [0.1, 0.15) is 11.3 Å². The minimum atomic E-state index is -3.54. The summed E-state index contributed by atoms with van der Waals surface area (Å²) in [4.78, 5) is 10.9. The van der Waals surface area contributed by atoms with Gasteiger partial charge in [-0.2, -0.15) is 4.31 Å². The number of nitrogens with one attached hydrogen (secondary N) is 2. The summed E-state index contributed by atoms with van der Waals surface area (Å²) < 4.78 is 27.7. The van der Waals surface area contributed by atoms with Crippen LogP contribution in [0, 0.1) is 0 Å². The summed E-state index contributed by atoms with van der Waals surface area (Å²) in [7, 11) is -3.54. The third-order valence-corrected chi connectivity index (χ3v) is 7.53. The lowest BCUT2D eigenvalue weighted by molar-refractivity contribution is 0.180. The van der Waals surface area contributed by atoms with Gasteiger partial charge in [-0.1, -0.05) is 12.1 Å². The van der Waals surface area contributed by atoms with Crippen molar-refractivity contribution in [2.45, 2.75) is 18.0 Å². The predicted molar refractivity (Wildman–Crippen MR) is 132 cm³/mol. The van der Waals surface area contributed by atoms with E-state index in [4.69, 9.17) is 12.2 Å². The van der Waals surface area contributed by atoms with Crippen LogP contribution in [0.2, 0.25) is 0 Å². The van der Waals surface area contributed by atoms with Crippen LogP contribution in [0.4, 0.5) is 5.69 Å². The second-order valence-electron chi connectivity index (χ2n) is 7.69. The largest absolute Gasteiger partial charge is 0.358 e. The van der Waals surface area contributed by atoms with E-state index in [1.165, 1.54) is 0 Å². The Hall–Kier alpha value is -2.92. The van der Waals surface area contributed by atoms with E-state index in [1.54, 1.807) is 47.2 Å². The fourth-order valence-corrected chi connectivity index (χ4v) is 5.18. The maximum atomic E-state index is 13.1. The second-order valence-corrected chi connectivity index (χ2v) is 10.0. The maximum Gasteiger partial charge on any atom is 0.243 e. The van der Waals surface area contributed by atoms with E-state index in [0.717, 1.165) is 23.5 Å². The number of thiocarbonyl (C=S) groups is 1. The molecule has 0 bridgehead atoms. The van der Waals surface area contributed by atoms with Crippen LogP contribution >= 0.6 is 12.2 Å². The third-order valence-electron chi connectivity index (χ3n) is 5.37. The molecule has 2 N–H and O–H groups in total. The van der Waals surface area contributed by atoms with Gasteiger partial charge in [0.25, 0.3) is 0 Å². The fourth-order valence-electron chi connectivity index (χ4n) is 3.57. The van der Waals surface area contributed by atoms with E-state index in [2.05, 4.69) is 25.5 Å². The van der Waals surface area contributed by atoms with E-state index in [-0.39, 0.29) is 4.90 Å². The number of sulfonamides is 1. The molecule has 3 heterocycles. The van der Waals surface area contributed by atoms with Gasteiger partial charge in [0, 0.05) is 63.5 Å². The normalized spacial score (nSPS) is 15.2. The molecule has 10 heteroatoms. The number of rotatable bonds is 7. The highest BCUT2D eigenvalue weighted by molar-refractivity contribution is 7.89. The van der Waals surface area contributed by atoms with Crippen LogP contribution in [0.15, 0.2) is 78.1 Å². The van der Waals surface area contributed by atoms with E-state index < -0.39 is 10.0 Å². The van der Waals surface area contributed by atoms with Crippen LogP contribution in [0.5, 0.6) is 0 Å². The van der Waals surface area contributed by atoms with E-state index >= 15 is 0 Å². The summed E-state index contributed by atoms with van der Waals surface area (Å²) in [5.74, 6) is 0. The molecule has 0 atom stereocenters. The molecule has 0 unspecified atom stereocenters. The quantitative estimate of drug-likeness (QED) is 0.497.